The summed E-state index contributed by atoms with van der Waals surface area (Å²) in [5.41, 5.74) is 0.511. The van der Waals surface area contributed by atoms with E-state index in [4.69, 9.17) is 4.74 Å². The molecular formula is C13H14N2O3. The van der Waals surface area contributed by atoms with Crippen molar-refractivity contribution in [3.8, 4) is 5.75 Å². The highest BCUT2D eigenvalue weighted by Crippen LogP contribution is 2.19. The van der Waals surface area contributed by atoms with Gasteiger partial charge in [-0.25, -0.2) is 4.98 Å². The van der Waals surface area contributed by atoms with Crippen molar-refractivity contribution in [2.75, 3.05) is 7.11 Å². The zero-order valence-corrected chi connectivity index (χ0v) is 9.98. The van der Waals surface area contributed by atoms with E-state index in [1.165, 1.54) is 23.2 Å². The topological polar surface area (TPSA) is 64.3 Å². The van der Waals surface area contributed by atoms with Crippen molar-refractivity contribution in [2.45, 2.75) is 12.6 Å². The van der Waals surface area contributed by atoms with Crippen molar-refractivity contribution in [2.24, 2.45) is 0 Å². The normalized spacial score (nSPS) is 12.1. The summed E-state index contributed by atoms with van der Waals surface area (Å²) in [6.07, 6.45) is 2.06. The van der Waals surface area contributed by atoms with Crippen molar-refractivity contribution in [1.82, 2.24) is 9.55 Å². The third-order valence-corrected chi connectivity index (χ3v) is 2.64. The summed E-state index contributed by atoms with van der Waals surface area (Å²) in [4.78, 5) is 15.3. The van der Waals surface area contributed by atoms with Gasteiger partial charge in [0.1, 0.15) is 5.75 Å². The second-order valence-corrected chi connectivity index (χ2v) is 3.86. The van der Waals surface area contributed by atoms with Crippen LogP contribution in [0.3, 0.4) is 0 Å². The standard InChI is InChI=1S/C13H14N2O3/c1-18-11-4-2-3-10(7-11)12(16)8-15-9-14-6-5-13(15)17/h2-7,9,12,16H,8H2,1H3. The Morgan fingerprint density at radius 2 is 2.28 bits per heavy atom. The molecule has 5 heteroatoms. The Hall–Kier alpha value is -2.14. The first-order valence-corrected chi connectivity index (χ1v) is 5.53. The molecule has 0 bridgehead atoms. The number of ether oxygens (including phenoxy) is 1. The highest BCUT2D eigenvalue weighted by molar-refractivity contribution is 5.29. The van der Waals surface area contributed by atoms with Crippen LogP contribution in [0.4, 0.5) is 0 Å². The lowest BCUT2D eigenvalue weighted by molar-refractivity contribution is 0.154. The third kappa shape index (κ3) is 2.75. The third-order valence-electron chi connectivity index (χ3n) is 2.64. The van der Waals surface area contributed by atoms with Gasteiger partial charge in [0.25, 0.3) is 5.56 Å². The lowest BCUT2D eigenvalue weighted by Crippen LogP contribution is -2.22. The smallest absolute Gasteiger partial charge is 0.253 e. The number of benzene rings is 1. The second-order valence-electron chi connectivity index (χ2n) is 3.86. The predicted octanol–water partition coefficient (Wildman–Crippen LogP) is 0.985. The first-order chi connectivity index (χ1) is 8.70. The van der Waals surface area contributed by atoms with Gasteiger partial charge >= 0.3 is 0 Å². The zero-order chi connectivity index (χ0) is 13.0. The molecule has 0 aliphatic rings. The minimum Gasteiger partial charge on any atom is -0.497 e. The van der Waals surface area contributed by atoms with E-state index in [0.717, 1.165) is 0 Å². The average molecular weight is 246 g/mol. The van der Waals surface area contributed by atoms with Crippen molar-refractivity contribution < 1.29 is 9.84 Å². The van der Waals surface area contributed by atoms with Crippen LogP contribution >= 0.6 is 0 Å². The number of hydrogen-bond acceptors (Lipinski definition) is 4. The Balaban J connectivity index is 2.19. The molecule has 5 nitrogen and oxygen atoms in total. The fraction of sp³-hybridized carbons (Fsp3) is 0.231. The van der Waals surface area contributed by atoms with Gasteiger partial charge in [-0.3, -0.25) is 9.36 Å². The molecule has 0 saturated carbocycles. The van der Waals surface area contributed by atoms with Crippen LogP contribution in [0.1, 0.15) is 11.7 Å². The molecule has 0 saturated heterocycles. The van der Waals surface area contributed by atoms with Gasteiger partial charge < -0.3 is 9.84 Å². The van der Waals surface area contributed by atoms with Gasteiger partial charge in [0.15, 0.2) is 0 Å². The molecule has 0 radical (unpaired) electrons. The zero-order valence-electron chi connectivity index (χ0n) is 9.98. The minimum absolute atomic E-state index is 0.167. The lowest BCUT2D eigenvalue weighted by atomic mass is 10.1. The molecule has 1 heterocycles. The van der Waals surface area contributed by atoms with Crippen molar-refractivity contribution in [3.05, 3.63) is 58.8 Å². The molecule has 1 aromatic carbocycles. The summed E-state index contributed by atoms with van der Waals surface area (Å²) < 4.78 is 6.45. The molecule has 18 heavy (non-hydrogen) atoms. The van der Waals surface area contributed by atoms with E-state index in [0.29, 0.717) is 11.3 Å². The predicted molar refractivity (Wildman–Crippen MR) is 66.5 cm³/mol. The van der Waals surface area contributed by atoms with Gasteiger partial charge in [-0.15, -0.1) is 0 Å². The van der Waals surface area contributed by atoms with E-state index in [1.54, 1.807) is 31.4 Å². The van der Waals surface area contributed by atoms with Crippen LogP contribution in [-0.4, -0.2) is 21.8 Å². The molecular weight excluding hydrogens is 232 g/mol. The van der Waals surface area contributed by atoms with Crippen LogP contribution in [0.2, 0.25) is 0 Å². The fourth-order valence-corrected chi connectivity index (χ4v) is 1.66. The van der Waals surface area contributed by atoms with Crippen molar-refractivity contribution in [3.63, 3.8) is 0 Å². The summed E-state index contributed by atoms with van der Waals surface area (Å²) in [5.74, 6) is 0.671. The molecule has 0 amide bonds. The fourth-order valence-electron chi connectivity index (χ4n) is 1.66. The number of methoxy groups -OCH3 is 1. The van der Waals surface area contributed by atoms with E-state index < -0.39 is 6.10 Å². The van der Waals surface area contributed by atoms with E-state index in [9.17, 15) is 9.90 Å². The van der Waals surface area contributed by atoms with Crippen LogP contribution < -0.4 is 10.3 Å². The molecule has 0 aliphatic carbocycles. The van der Waals surface area contributed by atoms with Gasteiger partial charge in [0, 0.05) is 12.3 Å². The molecule has 1 aromatic heterocycles. The highest BCUT2D eigenvalue weighted by atomic mass is 16.5. The van der Waals surface area contributed by atoms with Gasteiger partial charge in [-0.05, 0) is 17.7 Å². The van der Waals surface area contributed by atoms with E-state index in [2.05, 4.69) is 4.98 Å². The molecule has 1 unspecified atom stereocenters. The Morgan fingerprint density at radius 3 is 3.00 bits per heavy atom. The summed E-state index contributed by atoms with van der Waals surface area (Å²) in [6.45, 7) is 0.167. The average Bonchev–Trinajstić information content (AvgIpc) is 2.41. The van der Waals surface area contributed by atoms with Gasteiger partial charge in [0.2, 0.25) is 0 Å². The SMILES string of the molecule is COc1cccc(C(O)Cn2cnccc2=O)c1. The van der Waals surface area contributed by atoms with Crippen LogP contribution in [0, 0.1) is 0 Å². The molecule has 0 spiro atoms. The van der Waals surface area contributed by atoms with Crippen LogP contribution in [-0.2, 0) is 6.54 Å². The molecule has 0 fully saturated rings. The Morgan fingerprint density at radius 1 is 1.44 bits per heavy atom. The Bertz CT molecular complexity index is 580. The minimum atomic E-state index is -0.776. The summed E-state index contributed by atoms with van der Waals surface area (Å²) in [7, 11) is 1.57. The van der Waals surface area contributed by atoms with Gasteiger partial charge in [-0.2, -0.15) is 0 Å². The van der Waals surface area contributed by atoms with Crippen LogP contribution in [0.5, 0.6) is 5.75 Å². The first-order valence-electron chi connectivity index (χ1n) is 5.53. The summed E-state index contributed by atoms with van der Waals surface area (Å²) in [6, 6.07) is 8.48. The van der Waals surface area contributed by atoms with Crippen molar-refractivity contribution >= 4 is 0 Å². The number of aliphatic hydroxyl groups is 1. The number of aromatic nitrogens is 2. The molecule has 1 atom stereocenters. The number of rotatable bonds is 4. The van der Waals surface area contributed by atoms with Crippen LogP contribution in [0.25, 0.3) is 0 Å². The van der Waals surface area contributed by atoms with Gasteiger partial charge in [0.05, 0.1) is 26.1 Å². The summed E-state index contributed by atoms with van der Waals surface area (Å²) in [5, 5.41) is 10.1. The monoisotopic (exact) mass is 246 g/mol. The van der Waals surface area contributed by atoms with E-state index >= 15 is 0 Å². The molecule has 0 aliphatic heterocycles. The number of nitrogens with zero attached hydrogens (tertiary/aromatic N) is 2. The summed E-state index contributed by atoms with van der Waals surface area (Å²) >= 11 is 0. The maximum Gasteiger partial charge on any atom is 0.253 e. The molecule has 2 aromatic rings. The van der Waals surface area contributed by atoms with E-state index in [-0.39, 0.29) is 12.1 Å². The lowest BCUT2D eigenvalue weighted by Gasteiger charge is -2.13. The second kappa shape index (κ2) is 5.46. The number of aliphatic hydroxyl groups excluding tert-OH is 1. The maximum absolute atomic E-state index is 11.5. The Kier molecular flexibility index (Phi) is 3.74. The molecule has 2 rings (SSSR count). The quantitative estimate of drug-likeness (QED) is 0.873. The number of hydrogen-bond donors (Lipinski definition) is 1. The van der Waals surface area contributed by atoms with Crippen LogP contribution in [0.15, 0.2) is 47.7 Å². The molecule has 94 valence electrons. The Labute approximate surface area is 104 Å². The largest absolute Gasteiger partial charge is 0.497 e. The van der Waals surface area contributed by atoms with Crippen molar-refractivity contribution in [1.29, 1.82) is 0 Å². The first kappa shape index (κ1) is 12.3. The van der Waals surface area contributed by atoms with Gasteiger partial charge in [-0.1, -0.05) is 12.1 Å². The van der Waals surface area contributed by atoms with E-state index in [1.807, 2.05) is 0 Å². The maximum atomic E-state index is 11.5. The highest BCUT2D eigenvalue weighted by Gasteiger charge is 2.09. The molecule has 1 N–H and O–H groups in total.